The lowest BCUT2D eigenvalue weighted by Crippen LogP contribution is -2.23. The molecule has 17 heavy (non-hydrogen) atoms. The molecule has 0 saturated carbocycles. The van der Waals surface area contributed by atoms with Crippen LogP contribution in [0.15, 0.2) is 12.1 Å². The smallest absolute Gasteiger partial charge is 0.160 e. The molecule has 0 aliphatic carbocycles. The van der Waals surface area contributed by atoms with Crippen LogP contribution in [0.4, 0.5) is 10.1 Å². The molecule has 0 aliphatic heterocycles. The van der Waals surface area contributed by atoms with Gasteiger partial charge in [-0.15, -0.1) is 0 Å². The van der Waals surface area contributed by atoms with Crippen molar-refractivity contribution in [3.8, 4) is 0 Å². The summed E-state index contributed by atoms with van der Waals surface area (Å²) in [6.07, 6.45) is 0. The second-order valence-corrected chi connectivity index (χ2v) is 5.46. The fraction of sp³-hybridized carbons (Fsp3) is 0.500. The molecule has 1 aromatic carbocycles. The van der Waals surface area contributed by atoms with Crippen molar-refractivity contribution in [3.05, 3.63) is 28.0 Å². The number of rotatable bonds is 4. The van der Waals surface area contributed by atoms with Crippen LogP contribution in [0.3, 0.4) is 0 Å². The molecule has 0 radical (unpaired) electrons. The Balaban J connectivity index is 2.48. The van der Waals surface area contributed by atoms with E-state index in [9.17, 15) is 4.39 Å². The summed E-state index contributed by atoms with van der Waals surface area (Å²) in [6, 6.07) is 3.00. The van der Waals surface area contributed by atoms with Crippen LogP contribution >= 0.6 is 23.2 Å². The van der Waals surface area contributed by atoms with Gasteiger partial charge in [0.05, 0.1) is 22.3 Å². The minimum Gasteiger partial charge on any atom is -0.383 e. The fourth-order valence-corrected chi connectivity index (χ4v) is 1.70. The molecule has 0 unspecified atom stereocenters. The van der Waals surface area contributed by atoms with Gasteiger partial charge in [0.15, 0.2) is 5.82 Å². The van der Waals surface area contributed by atoms with Crippen LogP contribution in [-0.4, -0.2) is 18.8 Å². The first-order valence-electron chi connectivity index (χ1n) is 5.32. The van der Waals surface area contributed by atoms with E-state index in [2.05, 4.69) is 5.32 Å². The van der Waals surface area contributed by atoms with Gasteiger partial charge in [0.25, 0.3) is 0 Å². The summed E-state index contributed by atoms with van der Waals surface area (Å²) in [5.41, 5.74) is 0.513. The monoisotopic (exact) mass is 279 g/mol. The number of hydrogen-bond acceptors (Lipinski definition) is 2. The molecule has 0 amide bonds. The molecule has 2 nitrogen and oxygen atoms in total. The van der Waals surface area contributed by atoms with E-state index in [-0.39, 0.29) is 15.6 Å². The normalized spacial score (nSPS) is 11.6. The highest BCUT2D eigenvalue weighted by molar-refractivity contribution is 6.35. The molecule has 96 valence electrons. The van der Waals surface area contributed by atoms with Gasteiger partial charge < -0.3 is 10.1 Å². The van der Waals surface area contributed by atoms with Crippen LogP contribution in [-0.2, 0) is 4.74 Å². The average molecular weight is 280 g/mol. The molecule has 1 aromatic rings. The van der Waals surface area contributed by atoms with Gasteiger partial charge in [0, 0.05) is 12.2 Å². The lowest BCUT2D eigenvalue weighted by atomic mass is 10.2. The first kappa shape index (κ1) is 14.6. The van der Waals surface area contributed by atoms with Gasteiger partial charge in [-0.2, -0.15) is 0 Å². The lowest BCUT2D eigenvalue weighted by Gasteiger charge is -2.19. The highest BCUT2D eigenvalue weighted by Gasteiger charge is 2.10. The Hall–Kier alpha value is -0.510. The molecule has 0 bridgehead atoms. The molecular weight excluding hydrogens is 264 g/mol. The summed E-state index contributed by atoms with van der Waals surface area (Å²) in [7, 11) is 0. The van der Waals surface area contributed by atoms with Gasteiger partial charge in [-0.25, -0.2) is 4.39 Å². The third kappa shape index (κ3) is 5.11. The number of hydrogen-bond donors (Lipinski definition) is 1. The van der Waals surface area contributed by atoms with Crippen molar-refractivity contribution < 1.29 is 9.13 Å². The van der Waals surface area contributed by atoms with E-state index in [0.29, 0.717) is 18.8 Å². The van der Waals surface area contributed by atoms with Crippen LogP contribution in [0.5, 0.6) is 0 Å². The number of halogens is 3. The predicted octanol–water partition coefficient (Wildman–Crippen LogP) is 4.36. The van der Waals surface area contributed by atoms with E-state index in [4.69, 9.17) is 27.9 Å². The Morgan fingerprint density at radius 3 is 2.24 bits per heavy atom. The van der Waals surface area contributed by atoms with Gasteiger partial charge in [-0.05, 0) is 32.9 Å². The Labute approximate surface area is 111 Å². The van der Waals surface area contributed by atoms with Gasteiger partial charge in [0.1, 0.15) is 0 Å². The molecule has 0 spiro atoms. The van der Waals surface area contributed by atoms with E-state index < -0.39 is 5.82 Å². The molecule has 1 rings (SSSR count). The maximum Gasteiger partial charge on any atom is 0.160 e. The van der Waals surface area contributed by atoms with Crippen molar-refractivity contribution in [2.24, 2.45) is 0 Å². The second kappa shape index (κ2) is 5.89. The molecule has 5 heteroatoms. The Bertz CT molecular complexity index is 368. The van der Waals surface area contributed by atoms with Crippen LogP contribution in [0, 0.1) is 5.82 Å². The third-order valence-corrected chi connectivity index (χ3v) is 2.50. The Morgan fingerprint density at radius 2 is 1.76 bits per heavy atom. The molecule has 1 N–H and O–H groups in total. The quantitative estimate of drug-likeness (QED) is 0.653. The number of nitrogens with one attached hydrogen (secondary N) is 1. The van der Waals surface area contributed by atoms with Crippen LogP contribution in [0.2, 0.25) is 10.0 Å². The summed E-state index contributed by atoms with van der Waals surface area (Å²) in [5, 5.41) is 3.09. The Kier molecular flexibility index (Phi) is 5.04. The summed E-state index contributed by atoms with van der Waals surface area (Å²) >= 11 is 11.3. The number of ether oxygens (including phenoxy) is 1. The van der Waals surface area contributed by atoms with Crippen LogP contribution < -0.4 is 5.32 Å². The SMILES string of the molecule is CC(C)(C)OCCNc1cc(Cl)c(F)c(Cl)c1. The zero-order valence-electron chi connectivity index (χ0n) is 10.1. The lowest BCUT2D eigenvalue weighted by molar-refractivity contribution is 0.00333. The number of anilines is 1. The summed E-state index contributed by atoms with van der Waals surface area (Å²) in [6.45, 7) is 7.11. The molecule has 0 aromatic heterocycles. The molecule has 0 saturated heterocycles. The highest BCUT2D eigenvalue weighted by Crippen LogP contribution is 2.27. The minimum absolute atomic E-state index is 0.0109. The zero-order valence-corrected chi connectivity index (χ0v) is 11.6. The summed E-state index contributed by atoms with van der Waals surface area (Å²) in [4.78, 5) is 0. The largest absolute Gasteiger partial charge is 0.383 e. The van der Waals surface area contributed by atoms with Crippen molar-refractivity contribution >= 4 is 28.9 Å². The predicted molar refractivity (Wildman–Crippen MR) is 70.6 cm³/mol. The molecule has 0 heterocycles. The van der Waals surface area contributed by atoms with Crippen LogP contribution in [0.1, 0.15) is 20.8 Å². The van der Waals surface area contributed by atoms with E-state index >= 15 is 0 Å². The molecule has 0 atom stereocenters. The van der Waals surface area contributed by atoms with Gasteiger partial charge in [-0.3, -0.25) is 0 Å². The zero-order chi connectivity index (χ0) is 13.1. The van der Waals surface area contributed by atoms with Gasteiger partial charge >= 0.3 is 0 Å². The number of benzene rings is 1. The van der Waals surface area contributed by atoms with Crippen LogP contribution in [0.25, 0.3) is 0 Å². The van der Waals surface area contributed by atoms with E-state index in [0.717, 1.165) is 0 Å². The van der Waals surface area contributed by atoms with E-state index in [1.54, 1.807) is 0 Å². The third-order valence-electron chi connectivity index (χ3n) is 1.95. The molecule has 0 fully saturated rings. The topological polar surface area (TPSA) is 21.3 Å². The fourth-order valence-electron chi connectivity index (χ4n) is 1.21. The summed E-state index contributed by atoms with van der Waals surface area (Å²) in [5.74, 6) is -0.593. The standard InChI is InChI=1S/C12H16Cl2FNO/c1-12(2,3)17-5-4-16-8-6-9(13)11(15)10(14)7-8/h6-7,16H,4-5H2,1-3H3. The molecular formula is C12H16Cl2FNO. The maximum absolute atomic E-state index is 13.1. The maximum atomic E-state index is 13.1. The van der Waals surface area contributed by atoms with Crippen molar-refractivity contribution in [2.45, 2.75) is 26.4 Å². The van der Waals surface area contributed by atoms with Gasteiger partial charge in [0.2, 0.25) is 0 Å². The first-order valence-corrected chi connectivity index (χ1v) is 6.07. The van der Waals surface area contributed by atoms with Crippen molar-refractivity contribution in [1.29, 1.82) is 0 Å². The minimum atomic E-state index is -0.593. The van der Waals surface area contributed by atoms with Crippen molar-refractivity contribution in [2.75, 3.05) is 18.5 Å². The second-order valence-electron chi connectivity index (χ2n) is 4.64. The van der Waals surface area contributed by atoms with E-state index in [1.165, 1.54) is 12.1 Å². The summed E-state index contributed by atoms with van der Waals surface area (Å²) < 4.78 is 18.7. The Morgan fingerprint density at radius 1 is 1.24 bits per heavy atom. The van der Waals surface area contributed by atoms with Gasteiger partial charge in [-0.1, -0.05) is 23.2 Å². The average Bonchev–Trinajstić information content (AvgIpc) is 2.19. The van der Waals surface area contributed by atoms with E-state index in [1.807, 2.05) is 20.8 Å². The van der Waals surface area contributed by atoms with Crippen molar-refractivity contribution in [1.82, 2.24) is 0 Å². The van der Waals surface area contributed by atoms with Crippen molar-refractivity contribution in [3.63, 3.8) is 0 Å². The highest BCUT2D eigenvalue weighted by atomic mass is 35.5. The molecule has 0 aliphatic rings. The first-order chi connectivity index (χ1) is 7.79.